The average Bonchev–Trinajstić information content (AvgIpc) is 1.82. The molecule has 0 radical (unpaired) electrons. The highest BCUT2D eigenvalue weighted by molar-refractivity contribution is 4.99. The van der Waals surface area contributed by atoms with E-state index in [9.17, 15) is 0 Å². The fourth-order valence-electron chi connectivity index (χ4n) is 0.683. The van der Waals surface area contributed by atoms with Crippen molar-refractivity contribution in [3.05, 3.63) is 11.9 Å². The van der Waals surface area contributed by atoms with Crippen LogP contribution in [0.15, 0.2) is 11.9 Å². The van der Waals surface area contributed by atoms with E-state index in [1.54, 1.807) is 0 Å². The number of hydrogen-bond donors (Lipinski definition) is 2. The third-order valence-electron chi connectivity index (χ3n) is 1.21. The van der Waals surface area contributed by atoms with Gasteiger partial charge in [-0.1, -0.05) is 13.8 Å². The molecule has 0 amide bonds. The van der Waals surface area contributed by atoms with Crippen LogP contribution in [-0.2, 0) is 0 Å². The van der Waals surface area contributed by atoms with E-state index in [1.807, 2.05) is 20.3 Å². The van der Waals surface area contributed by atoms with Gasteiger partial charge in [-0.3, -0.25) is 0 Å². The van der Waals surface area contributed by atoms with Gasteiger partial charge in [0.25, 0.3) is 0 Å². The van der Waals surface area contributed by atoms with Crippen molar-refractivity contribution in [1.82, 2.24) is 10.6 Å². The predicted molar refractivity (Wildman–Crippen MR) is 41.0 cm³/mol. The van der Waals surface area contributed by atoms with Crippen molar-refractivity contribution < 1.29 is 0 Å². The summed E-state index contributed by atoms with van der Waals surface area (Å²) in [6.07, 6.45) is 1.98. The molecular weight excluding hydrogens is 112 g/mol. The summed E-state index contributed by atoms with van der Waals surface area (Å²) in [5.74, 6) is 0.572. The molecule has 0 fully saturated rings. The van der Waals surface area contributed by atoms with Gasteiger partial charge in [0, 0.05) is 26.0 Å². The first kappa shape index (κ1) is 8.34. The Kier molecular flexibility index (Phi) is 3.93. The van der Waals surface area contributed by atoms with E-state index in [1.165, 1.54) is 5.70 Å². The summed E-state index contributed by atoms with van der Waals surface area (Å²) in [7, 11) is 3.84. The first-order valence-electron chi connectivity index (χ1n) is 3.27. The lowest BCUT2D eigenvalue weighted by atomic mass is 10.1. The number of hydrogen-bond acceptors (Lipinski definition) is 2. The van der Waals surface area contributed by atoms with Gasteiger partial charge >= 0.3 is 0 Å². The van der Waals surface area contributed by atoms with Crippen LogP contribution in [0.5, 0.6) is 0 Å². The second-order valence-corrected chi connectivity index (χ2v) is 2.29. The van der Waals surface area contributed by atoms with Crippen molar-refractivity contribution in [3.8, 4) is 0 Å². The molecular formula is C7H16N2. The standard InChI is InChI=1S/C7H16N2/c1-6(2)7(9-4)5-8-3/h5-6,8-9H,1-4H3. The van der Waals surface area contributed by atoms with Crippen LogP contribution >= 0.6 is 0 Å². The first-order valence-corrected chi connectivity index (χ1v) is 3.27. The second kappa shape index (κ2) is 4.24. The molecule has 0 saturated heterocycles. The monoisotopic (exact) mass is 128 g/mol. The quantitative estimate of drug-likeness (QED) is 0.590. The summed E-state index contributed by atoms with van der Waals surface area (Å²) < 4.78 is 0. The maximum Gasteiger partial charge on any atom is 0.0289 e. The molecule has 0 aromatic carbocycles. The molecule has 0 heterocycles. The highest BCUT2D eigenvalue weighted by Crippen LogP contribution is 2.02. The van der Waals surface area contributed by atoms with E-state index in [0.717, 1.165) is 0 Å². The van der Waals surface area contributed by atoms with Crippen LogP contribution in [-0.4, -0.2) is 14.1 Å². The summed E-state index contributed by atoms with van der Waals surface area (Å²) in [5, 5.41) is 6.08. The Morgan fingerprint density at radius 1 is 1.33 bits per heavy atom. The molecule has 9 heavy (non-hydrogen) atoms. The maximum atomic E-state index is 3.10. The molecule has 0 aromatic heterocycles. The molecule has 2 heteroatoms. The Labute approximate surface area is 57.3 Å². The lowest BCUT2D eigenvalue weighted by Gasteiger charge is -2.09. The second-order valence-electron chi connectivity index (χ2n) is 2.29. The molecule has 2 N–H and O–H groups in total. The molecule has 0 aromatic rings. The normalized spacial score (nSPS) is 11.9. The Morgan fingerprint density at radius 2 is 1.89 bits per heavy atom. The third kappa shape index (κ3) is 3.01. The molecule has 2 nitrogen and oxygen atoms in total. The molecule has 0 aliphatic heterocycles. The fraction of sp³-hybridized carbons (Fsp3) is 0.714. The van der Waals surface area contributed by atoms with Gasteiger partial charge in [-0.15, -0.1) is 0 Å². The van der Waals surface area contributed by atoms with Gasteiger partial charge in [0.05, 0.1) is 0 Å². The van der Waals surface area contributed by atoms with Gasteiger partial charge < -0.3 is 10.6 Å². The Balaban J connectivity index is 3.81. The van der Waals surface area contributed by atoms with E-state index in [4.69, 9.17) is 0 Å². The molecule has 0 unspecified atom stereocenters. The topological polar surface area (TPSA) is 24.1 Å². The number of nitrogens with one attached hydrogen (secondary N) is 2. The zero-order valence-corrected chi connectivity index (χ0v) is 6.65. The summed E-state index contributed by atoms with van der Waals surface area (Å²) in [4.78, 5) is 0. The van der Waals surface area contributed by atoms with Gasteiger partial charge in [-0.05, 0) is 5.92 Å². The van der Waals surface area contributed by atoms with Crippen LogP contribution in [0.2, 0.25) is 0 Å². The van der Waals surface area contributed by atoms with E-state index >= 15 is 0 Å². The summed E-state index contributed by atoms with van der Waals surface area (Å²) in [6, 6.07) is 0. The lowest BCUT2D eigenvalue weighted by molar-refractivity contribution is 0.688. The van der Waals surface area contributed by atoms with Crippen LogP contribution in [0.4, 0.5) is 0 Å². The van der Waals surface area contributed by atoms with Gasteiger partial charge in [-0.2, -0.15) is 0 Å². The maximum absolute atomic E-state index is 3.10. The minimum Gasteiger partial charge on any atom is -0.393 e. The summed E-state index contributed by atoms with van der Waals surface area (Å²) >= 11 is 0. The van der Waals surface area contributed by atoms with Crippen molar-refractivity contribution in [1.29, 1.82) is 0 Å². The third-order valence-corrected chi connectivity index (χ3v) is 1.21. The highest BCUT2D eigenvalue weighted by Gasteiger charge is 1.96. The smallest absolute Gasteiger partial charge is 0.0289 e. The zero-order valence-electron chi connectivity index (χ0n) is 6.65. The number of allylic oxidation sites excluding steroid dienone is 1. The molecule has 0 atom stereocenters. The Morgan fingerprint density at radius 3 is 2.00 bits per heavy atom. The molecule has 0 aliphatic carbocycles. The highest BCUT2D eigenvalue weighted by atomic mass is 14.9. The van der Waals surface area contributed by atoms with E-state index < -0.39 is 0 Å². The molecule has 0 spiro atoms. The summed E-state index contributed by atoms with van der Waals surface area (Å²) in [5.41, 5.74) is 1.23. The van der Waals surface area contributed by atoms with Crippen LogP contribution in [0.1, 0.15) is 13.8 Å². The van der Waals surface area contributed by atoms with Crippen molar-refractivity contribution in [2.24, 2.45) is 5.92 Å². The largest absolute Gasteiger partial charge is 0.393 e. The minimum absolute atomic E-state index is 0.572. The average molecular weight is 128 g/mol. The van der Waals surface area contributed by atoms with E-state index in [2.05, 4.69) is 24.5 Å². The minimum atomic E-state index is 0.572. The molecule has 0 bridgehead atoms. The Bertz CT molecular complexity index is 95.1. The van der Waals surface area contributed by atoms with Gasteiger partial charge in [0.2, 0.25) is 0 Å². The van der Waals surface area contributed by atoms with E-state index in [-0.39, 0.29) is 0 Å². The van der Waals surface area contributed by atoms with Gasteiger partial charge in [0.1, 0.15) is 0 Å². The van der Waals surface area contributed by atoms with Crippen LogP contribution < -0.4 is 10.6 Å². The fourth-order valence-corrected chi connectivity index (χ4v) is 0.683. The van der Waals surface area contributed by atoms with Crippen molar-refractivity contribution in [3.63, 3.8) is 0 Å². The molecule has 0 rings (SSSR count). The van der Waals surface area contributed by atoms with Gasteiger partial charge in [-0.25, -0.2) is 0 Å². The lowest BCUT2D eigenvalue weighted by Crippen LogP contribution is -2.14. The van der Waals surface area contributed by atoms with Gasteiger partial charge in [0.15, 0.2) is 0 Å². The first-order chi connectivity index (χ1) is 4.22. The molecule has 0 aliphatic rings. The predicted octanol–water partition coefficient (Wildman–Crippen LogP) is 0.923. The van der Waals surface area contributed by atoms with Crippen LogP contribution in [0.25, 0.3) is 0 Å². The van der Waals surface area contributed by atoms with Crippen LogP contribution in [0, 0.1) is 5.92 Å². The molecule has 54 valence electrons. The summed E-state index contributed by atoms with van der Waals surface area (Å²) in [6.45, 7) is 4.30. The van der Waals surface area contributed by atoms with Crippen molar-refractivity contribution in [2.45, 2.75) is 13.8 Å². The number of rotatable bonds is 3. The van der Waals surface area contributed by atoms with Crippen molar-refractivity contribution >= 4 is 0 Å². The van der Waals surface area contributed by atoms with Crippen molar-refractivity contribution in [2.75, 3.05) is 14.1 Å². The Hall–Kier alpha value is -0.660. The molecule has 0 saturated carbocycles. The SMILES string of the molecule is CNC=C(NC)C(C)C. The zero-order chi connectivity index (χ0) is 7.28. The van der Waals surface area contributed by atoms with Crippen LogP contribution in [0.3, 0.4) is 0 Å². The van der Waals surface area contributed by atoms with E-state index in [0.29, 0.717) is 5.92 Å².